The van der Waals surface area contributed by atoms with E-state index in [1.54, 1.807) is 19.2 Å². The summed E-state index contributed by atoms with van der Waals surface area (Å²) in [6.07, 6.45) is 2.21. The molecule has 1 aromatic rings. The maximum absolute atomic E-state index is 12.6. The number of hydrogen-bond donors (Lipinski definition) is 1. The molecule has 9 heteroatoms. The first-order valence-corrected chi connectivity index (χ1v) is 10.5. The fourth-order valence-electron chi connectivity index (χ4n) is 4.02. The fraction of sp³-hybridized carbons (Fsp3) is 0.619. The van der Waals surface area contributed by atoms with Crippen LogP contribution in [0.4, 0.5) is 8.78 Å². The summed E-state index contributed by atoms with van der Waals surface area (Å²) in [7, 11) is 1.73. The van der Waals surface area contributed by atoms with Crippen LogP contribution in [-0.4, -0.2) is 85.5 Å². The highest BCUT2D eigenvalue weighted by atomic mass is 19.3. The summed E-state index contributed by atoms with van der Waals surface area (Å²) >= 11 is 0. The number of nitrogens with zero attached hydrogens (tertiary/aromatic N) is 4. The summed E-state index contributed by atoms with van der Waals surface area (Å²) in [4.78, 5) is 23.4. The standard InChI is InChI=1S/C21H31F2N5O2/c1-16(19(29)27-8-3-4-9-27)26-10-12-28(13-11-26)21(24-2)25-15-17-6-5-7-18(14-17)30-20(22)23/h5-7,14,16,20H,3-4,8-13,15H2,1-2H3,(H,24,25). The minimum absolute atomic E-state index is 0.0993. The fourth-order valence-corrected chi connectivity index (χ4v) is 4.02. The van der Waals surface area contributed by atoms with Crippen molar-refractivity contribution in [2.24, 2.45) is 4.99 Å². The Labute approximate surface area is 176 Å². The van der Waals surface area contributed by atoms with Gasteiger partial charge in [0.15, 0.2) is 5.96 Å². The number of nitrogens with one attached hydrogen (secondary N) is 1. The van der Waals surface area contributed by atoms with E-state index in [0.29, 0.717) is 6.54 Å². The van der Waals surface area contributed by atoms with Crippen LogP contribution in [0.15, 0.2) is 29.3 Å². The first kappa shape index (κ1) is 22.3. The van der Waals surface area contributed by atoms with E-state index in [1.165, 1.54) is 6.07 Å². The molecule has 0 bridgehead atoms. The predicted octanol–water partition coefficient (Wildman–Crippen LogP) is 1.99. The average Bonchev–Trinajstić information content (AvgIpc) is 3.28. The van der Waals surface area contributed by atoms with Crippen molar-refractivity contribution in [2.45, 2.75) is 39.0 Å². The SMILES string of the molecule is CN=C(NCc1cccc(OC(F)F)c1)N1CCN(C(C)C(=O)N2CCCC2)CC1. The second-order valence-corrected chi connectivity index (χ2v) is 7.66. The van der Waals surface area contributed by atoms with Crippen molar-refractivity contribution in [3.8, 4) is 5.75 Å². The van der Waals surface area contributed by atoms with Crippen molar-refractivity contribution >= 4 is 11.9 Å². The number of carbonyl (C=O) groups excluding carboxylic acids is 1. The van der Waals surface area contributed by atoms with Gasteiger partial charge in [-0.15, -0.1) is 0 Å². The number of guanidine groups is 1. The van der Waals surface area contributed by atoms with Gasteiger partial charge in [0.2, 0.25) is 5.91 Å². The van der Waals surface area contributed by atoms with Crippen LogP contribution >= 0.6 is 0 Å². The lowest BCUT2D eigenvalue weighted by atomic mass is 10.2. The Bertz CT molecular complexity index is 732. The van der Waals surface area contributed by atoms with Crippen molar-refractivity contribution < 1.29 is 18.3 Å². The maximum atomic E-state index is 12.6. The average molecular weight is 424 g/mol. The molecule has 3 rings (SSSR count). The quantitative estimate of drug-likeness (QED) is 0.560. The Balaban J connectivity index is 1.48. The highest BCUT2D eigenvalue weighted by Crippen LogP contribution is 2.16. The summed E-state index contributed by atoms with van der Waals surface area (Å²) in [5.41, 5.74) is 0.831. The first-order valence-electron chi connectivity index (χ1n) is 10.5. The summed E-state index contributed by atoms with van der Waals surface area (Å²) in [5, 5.41) is 3.29. The van der Waals surface area contributed by atoms with Crippen molar-refractivity contribution in [3.63, 3.8) is 0 Å². The van der Waals surface area contributed by atoms with Gasteiger partial charge in [0.05, 0.1) is 6.04 Å². The van der Waals surface area contributed by atoms with E-state index in [2.05, 4.69) is 24.8 Å². The van der Waals surface area contributed by atoms with Gasteiger partial charge in [-0.3, -0.25) is 14.7 Å². The van der Waals surface area contributed by atoms with Gasteiger partial charge in [0.25, 0.3) is 0 Å². The minimum Gasteiger partial charge on any atom is -0.435 e. The Morgan fingerprint density at radius 3 is 2.47 bits per heavy atom. The highest BCUT2D eigenvalue weighted by molar-refractivity contribution is 5.82. The van der Waals surface area contributed by atoms with Crippen molar-refractivity contribution in [1.29, 1.82) is 0 Å². The van der Waals surface area contributed by atoms with Gasteiger partial charge in [-0.1, -0.05) is 12.1 Å². The molecule has 0 spiro atoms. The van der Waals surface area contributed by atoms with E-state index in [1.807, 2.05) is 17.9 Å². The zero-order valence-electron chi connectivity index (χ0n) is 17.7. The van der Waals surface area contributed by atoms with Gasteiger partial charge >= 0.3 is 6.61 Å². The molecule has 1 atom stereocenters. The van der Waals surface area contributed by atoms with Crippen LogP contribution in [0.1, 0.15) is 25.3 Å². The number of alkyl halides is 2. The minimum atomic E-state index is -2.84. The van der Waals surface area contributed by atoms with Gasteiger partial charge in [0.1, 0.15) is 5.75 Å². The molecular weight excluding hydrogens is 392 g/mol. The number of rotatable bonds is 6. The molecule has 2 aliphatic heterocycles. The van der Waals surface area contributed by atoms with Crippen LogP contribution in [0.2, 0.25) is 0 Å². The molecule has 1 aromatic carbocycles. The molecule has 7 nitrogen and oxygen atoms in total. The Hall–Kier alpha value is -2.42. The molecule has 166 valence electrons. The van der Waals surface area contributed by atoms with Gasteiger partial charge in [0, 0.05) is 52.9 Å². The van der Waals surface area contributed by atoms with E-state index in [9.17, 15) is 13.6 Å². The molecule has 2 fully saturated rings. The summed E-state index contributed by atoms with van der Waals surface area (Å²) < 4.78 is 29.3. The molecule has 0 saturated carbocycles. The zero-order valence-corrected chi connectivity index (χ0v) is 17.7. The first-order chi connectivity index (χ1) is 14.5. The van der Waals surface area contributed by atoms with E-state index < -0.39 is 6.61 Å². The largest absolute Gasteiger partial charge is 0.435 e. The molecule has 2 saturated heterocycles. The summed E-state index contributed by atoms with van der Waals surface area (Å²) in [6.45, 7) is 4.49. The van der Waals surface area contributed by atoms with Crippen LogP contribution in [0.3, 0.4) is 0 Å². The molecule has 1 amide bonds. The van der Waals surface area contributed by atoms with Crippen LogP contribution in [-0.2, 0) is 11.3 Å². The lowest BCUT2D eigenvalue weighted by Gasteiger charge is -2.39. The number of carbonyl (C=O) groups is 1. The van der Waals surface area contributed by atoms with Crippen molar-refractivity contribution in [1.82, 2.24) is 20.0 Å². The number of piperazine rings is 1. The van der Waals surface area contributed by atoms with Crippen LogP contribution in [0.5, 0.6) is 5.75 Å². The highest BCUT2D eigenvalue weighted by Gasteiger charge is 2.30. The smallest absolute Gasteiger partial charge is 0.387 e. The summed E-state index contributed by atoms with van der Waals surface area (Å²) in [5.74, 6) is 1.13. The molecule has 0 aromatic heterocycles. The molecule has 2 heterocycles. The third kappa shape index (κ3) is 5.81. The zero-order chi connectivity index (χ0) is 21.5. The Kier molecular flexibility index (Phi) is 7.84. The van der Waals surface area contributed by atoms with E-state index in [-0.39, 0.29) is 17.7 Å². The van der Waals surface area contributed by atoms with Crippen LogP contribution in [0, 0.1) is 0 Å². The van der Waals surface area contributed by atoms with Crippen LogP contribution < -0.4 is 10.1 Å². The molecule has 0 aliphatic carbocycles. The van der Waals surface area contributed by atoms with Gasteiger partial charge in [-0.05, 0) is 37.5 Å². The molecule has 0 radical (unpaired) electrons. The summed E-state index contributed by atoms with van der Waals surface area (Å²) in [6, 6.07) is 6.54. The van der Waals surface area contributed by atoms with Gasteiger partial charge < -0.3 is 19.9 Å². The normalized spacial score (nSPS) is 19.3. The number of hydrogen-bond acceptors (Lipinski definition) is 4. The third-order valence-electron chi connectivity index (χ3n) is 5.72. The van der Waals surface area contributed by atoms with E-state index in [0.717, 1.165) is 63.6 Å². The number of halogens is 2. The molecule has 2 aliphatic rings. The lowest BCUT2D eigenvalue weighted by Crippen LogP contribution is -2.57. The van der Waals surface area contributed by atoms with Crippen molar-refractivity contribution in [3.05, 3.63) is 29.8 Å². The van der Waals surface area contributed by atoms with Gasteiger partial charge in [-0.2, -0.15) is 8.78 Å². The third-order valence-corrected chi connectivity index (χ3v) is 5.72. The molecular formula is C21H31F2N5O2. The Morgan fingerprint density at radius 1 is 1.13 bits per heavy atom. The predicted molar refractivity (Wildman–Crippen MR) is 112 cm³/mol. The van der Waals surface area contributed by atoms with Gasteiger partial charge in [-0.25, -0.2) is 0 Å². The maximum Gasteiger partial charge on any atom is 0.387 e. The monoisotopic (exact) mass is 423 g/mol. The van der Waals surface area contributed by atoms with E-state index >= 15 is 0 Å². The number of likely N-dealkylation sites (tertiary alicyclic amines) is 1. The number of benzene rings is 1. The number of ether oxygens (including phenoxy) is 1. The molecule has 1 N–H and O–H groups in total. The second-order valence-electron chi connectivity index (χ2n) is 7.66. The van der Waals surface area contributed by atoms with E-state index in [4.69, 9.17) is 0 Å². The second kappa shape index (κ2) is 10.6. The number of aliphatic imine (C=N–C) groups is 1. The van der Waals surface area contributed by atoms with Crippen LogP contribution in [0.25, 0.3) is 0 Å². The molecule has 1 unspecified atom stereocenters. The lowest BCUT2D eigenvalue weighted by molar-refractivity contribution is -0.135. The Morgan fingerprint density at radius 2 is 1.83 bits per heavy atom. The topological polar surface area (TPSA) is 60.4 Å². The number of amides is 1. The van der Waals surface area contributed by atoms with Crippen molar-refractivity contribution in [2.75, 3.05) is 46.3 Å². The molecule has 30 heavy (non-hydrogen) atoms.